The molecule has 4 heteroatoms. The number of hydrogen-bond donors (Lipinski definition) is 1. The topological polar surface area (TPSA) is 49.6 Å². The van der Waals surface area contributed by atoms with E-state index in [1.807, 2.05) is 7.05 Å². The van der Waals surface area contributed by atoms with Crippen LogP contribution in [0.5, 0.6) is 0 Å². The van der Waals surface area contributed by atoms with E-state index in [-0.39, 0.29) is 5.91 Å². The predicted molar refractivity (Wildman–Crippen MR) is 87.3 cm³/mol. The van der Waals surface area contributed by atoms with Gasteiger partial charge in [-0.1, -0.05) is 12.1 Å². The highest BCUT2D eigenvalue weighted by atomic mass is 16.2. The molecule has 2 N–H and O–H groups in total. The molecular formula is C17H27N3O. The average Bonchev–Trinajstić information content (AvgIpc) is 2.54. The zero-order valence-electron chi connectivity index (χ0n) is 13.1. The van der Waals surface area contributed by atoms with Gasteiger partial charge in [0.2, 0.25) is 5.91 Å². The van der Waals surface area contributed by atoms with Crippen LogP contribution in [0.1, 0.15) is 37.7 Å². The van der Waals surface area contributed by atoms with Gasteiger partial charge in [-0.25, -0.2) is 0 Å². The van der Waals surface area contributed by atoms with Gasteiger partial charge in [0.1, 0.15) is 0 Å². The van der Waals surface area contributed by atoms with Gasteiger partial charge in [0.25, 0.3) is 0 Å². The van der Waals surface area contributed by atoms with Crippen LogP contribution in [0.15, 0.2) is 24.3 Å². The lowest BCUT2D eigenvalue weighted by atomic mass is 10.1. The minimum atomic E-state index is 0.167. The Balaban J connectivity index is 1.88. The standard InChI is InChI=1S/C17H27N3O/c1-19(17(21)6-5-11-18)14-15-7-9-16(10-8-15)20-12-3-2-4-13-20/h7-10H,2-6,11-14,18H2,1H3. The molecule has 0 aromatic heterocycles. The Kier molecular flexibility index (Phi) is 6.05. The van der Waals surface area contributed by atoms with Crippen LogP contribution in [0.25, 0.3) is 0 Å². The molecule has 1 heterocycles. The fourth-order valence-corrected chi connectivity index (χ4v) is 2.77. The molecule has 2 rings (SSSR count). The average molecular weight is 289 g/mol. The van der Waals surface area contributed by atoms with Crippen molar-refractivity contribution in [2.24, 2.45) is 5.73 Å². The Morgan fingerprint density at radius 3 is 2.48 bits per heavy atom. The molecule has 0 spiro atoms. The molecule has 0 atom stereocenters. The molecule has 116 valence electrons. The van der Waals surface area contributed by atoms with Gasteiger partial charge in [-0.3, -0.25) is 4.79 Å². The second-order valence-electron chi connectivity index (χ2n) is 5.86. The summed E-state index contributed by atoms with van der Waals surface area (Å²) < 4.78 is 0. The van der Waals surface area contributed by atoms with Gasteiger partial charge >= 0.3 is 0 Å². The number of carbonyl (C=O) groups is 1. The molecule has 1 aliphatic heterocycles. The van der Waals surface area contributed by atoms with E-state index in [4.69, 9.17) is 5.73 Å². The summed E-state index contributed by atoms with van der Waals surface area (Å²) in [6, 6.07) is 8.63. The van der Waals surface area contributed by atoms with Crippen LogP contribution in [-0.2, 0) is 11.3 Å². The normalized spacial score (nSPS) is 15.0. The van der Waals surface area contributed by atoms with Gasteiger partial charge in [-0.05, 0) is 49.9 Å². The molecule has 1 fully saturated rings. The molecule has 1 aliphatic rings. The van der Waals surface area contributed by atoms with Gasteiger partial charge in [0.05, 0.1) is 0 Å². The largest absolute Gasteiger partial charge is 0.372 e. The highest BCUT2D eigenvalue weighted by Gasteiger charge is 2.12. The molecule has 1 aromatic carbocycles. The summed E-state index contributed by atoms with van der Waals surface area (Å²) in [7, 11) is 1.86. The van der Waals surface area contributed by atoms with Crippen LogP contribution >= 0.6 is 0 Å². The van der Waals surface area contributed by atoms with Crippen molar-refractivity contribution < 1.29 is 4.79 Å². The lowest BCUT2D eigenvalue weighted by molar-refractivity contribution is -0.130. The van der Waals surface area contributed by atoms with E-state index >= 15 is 0 Å². The number of piperidine rings is 1. The Morgan fingerprint density at radius 2 is 1.86 bits per heavy atom. The van der Waals surface area contributed by atoms with Crippen LogP contribution in [0.4, 0.5) is 5.69 Å². The highest BCUT2D eigenvalue weighted by molar-refractivity contribution is 5.75. The summed E-state index contributed by atoms with van der Waals surface area (Å²) in [5.74, 6) is 0.167. The van der Waals surface area contributed by atoms with Crippen LogP contribution in [0, 0.1) is 0 Å². The van der Waals surface area contributed by atoms with Crippen molar-refractivity contribution in [2.75, 3.05) is 31.6 Å². The smallest absolute Gasteiger partial charge is 0.222 e. The second kappa shape index (κ2) is 8.03. The summed E-state index contributed by atoms with van der Waals surface area (Å²) in [4.78, 5) is 16.1. The summed E-state index contributed by atoms with van der Waals surface area (Å²) in [5, 5.41) is 0. The molecule has 0 saturated carbocycles. The maximum absolute atomic E-state index is 11.9. The predicted octanol–water partition coefficient (Wildman–Crippen LogP) is 2.37. The molecule has 4 nitrogen and oxygen atoms in total. The minimum absolute atomic E-state index is 0.167. The molecule has 0 aliphatic carbocycles. The number of carbonyl (C=O) groups excluding carboxylic acids is 1. The van der Waals surface area contributed by atoms with Gasteiger partial charge in [-0.15, -0.1) is 0 Å². The minimum Gasteiger partial charge on any atom is -0.372 e. The van der Waals surface area contributed by atoms with Crippen molar-refractivity contribution in [1.29, 1.82) is 0 Å². The third-order valence-electron chi connectivity index (χ3n) is 4.10. The van der Waals surface area contributed by atoms with Crippen molar-refractivity contribution in [3.63, 3.8) is 0 Å². The molecular weight excluding hydrogens is 262 g/mol. The fourth-order valence-electron chi connectivity index (χ4n) is 2.77. The van der Waals surface area contributed by atoms with Crippen molar-refractivity contribution in [3.05, 3.63) is 29.8 Å². The lowest BCUT2D eigenvalue weighted by Gasteiger charge is -2.29. The van der Waals surface area contributed by atoms with E-state index in [0.29, 0.717) is 19.5 Å². The van der Waals surface area contributed by atoms with Gasteiger partial charge < -0.3 is 15.5 Å². The first kappa shape index (κ1) is 15.8. The Labute approximate surface area is 127 Å². The van der Waals surface area contributed by atoms with E-state index < -0.39 is 0 Å². The number of nitrogens with two attached hydrogens (primary N) is 1. The first-order chi connectivity index (χ1) is 10.2. The van der Waals surface area contributed by atoms with Crippen LogP contribution in [0.2, 0.25) is 0 Å². The van der Waals surface area contributed by atoms with Crippen LogP contribution in [-0.4, -0.2) is 37.5 Å². The second-order valence-corrected chi connectivity index (χ2v) is 5.86. The lowest BCUT2D eigenvalue weighted by Crippen LogP contribution is -2.29. The third-order valence-corrected chi connectivity index (χ3v) is 4.10. The van der Waals surface area contributed by atoms with Gasteiger partial charge in [-0.2, -0.15) is 0 Å². The SMILES string of the molecule is CN(Cc1ccc(N2CCCCC2)cc1)C(=O)CCCN. The monoisotopic (exact) mass is 289 g/mol. The van der Waals surface area contributed by atoms with Gasteiger partial charge in [0.15, 0.2) is 0 Å². The van der Waals surface area contributed by atoms with Gasteiger partial charge in [0, 0.05) is 38.8 Å². The van der Waals surface area contributed by atoms with Crippen LogP contribution in [0.3, 0.4) is 0 Å². The van der Waals surface area contributed by atoms with E-state index in [2.05, 4.69) is 29.2 Å². The van der Waals surface area contributed by atoms with Crippen molar-refractivity contribution in [1.82, 2.24) is 4.90 Å². The Hall–Kier alpha value is -1.55. The number of amides is 1. The summed E-state index contributed by atoms with van der Waals surface area (Å²) in [6.45, 7) is 3.57. The zero-order chi connectivity index (χ0) is 15.1. The fraction of sp³-hybridized carbons (Fsp3) is 0.588. The maximum atomic E-state index is 11.9. The highest BCUT2D eigenvalue weighted by Crippen LogP contribution is 2.20. The first-order valence-corrected chi connectivity index (χ1v) is 7.98. The quantitative estimate of drug-likeness (QED) is 0.874. The third kappa shape index (κ3) is 4.74. The summed E-state index contributed by atoms with van der Waals surface area (Å²) in [5.41, 5.74) is 7.92. The summed E-state index contributed by atoms with van der Waals surface area (Å²) in [6.07, 6.45) is 5.24. The first-order valence-electron chi connectivity index (χ1n) is 7.98. The number of benzene rings is 1. The number of anilines is 1. The van der Waals surface area contributed by atoms with E-state index in [1.54, 1.807) is 4.90 Å². The molecule has 1 aromatic rings. The molecule has 0 unspecified atom stereocenters. The molecule has 1 amide bonds. The molecule has 21 heavy (non-hydrogen) atoms. The Bertz CT molecular complexity index is 438. The molecule has 0 bridgehead atoms. The van der Waals surface area contributed by atoms with Crippen molar-refractivity contribution >= 4 is 11.6 Å². The number of nitrogens with zero attached hydrogens (tertiary/aromatic N) is 2. The molecule has 1 saturated heterocycles. The zero-order valence-corrected chi connectivity index (χ0v) is 13.1. The van der Waals surface area contributed by atoms with Crippen LogP contribution < -0.4 is 10.6 Å². The van der Waals surface area contributed by atoms with Crippen molar-refractivity contribution in [2.45, 2.75) is 38.6 Å². The number of hydrogen-bond acceptors (Lipinski definition) is 3. The Morgan fingerprint density at radius 1 is 1.19 bits per heavy atom. The number of rotatable bonds is 6. The van der Waals surface area contributed by atoms with E-state index in [1.165, 1.54) is 30.5 Å². The maximum Gasteiger partial charge on any atom is 0.222 e. The van der Waals surface area contributed by atoms with E-state index in [0.717, 1.165) is 19.5 Å². The summed E-state index contributed by atoms with van der Waals surface area (Å²) >= 11 is 0. The van der Waals surface area contributed by atoms with Crippen molar-refractivity contribution in [3.8, 4) is 0 Å². The van der Waals surface area contributed by atoms with E-state index in [9.17, 15) is 4.79 Å². The molecule has 0 radical (unpaired) electrons.